The van der Waals surface area contributed by atoms with Crippen LogP contribution in [0.4, 0.5) is 0 Å². The van der Waals surface area contributed by atoms with Gasteiger partial charge in [-0.3, -0.25) is 14.8 Å². The van der Waals surface area contributed by atoms with Crippen molar-refractivity contribution in [3.8, 4) is 0 Å². The van der Waals surface area contributed by atoms with Crippen molar-refractivity contribution in [3.63, 3.8) is 0 Å². The number of benzene rings is 2. The molecule has 25 heavy (non-hydrogen) atoms. The third kappa shape index (κ3) is 3.38. The van der Waals surface area contributed by atoms with Gasteiger partial charge in [-0.15, -0.1) is 0 Å². The molecule has 1 fully saturated rings. The largest absolute Gasteiger partial charge is 0.338 e. The highest BCUT2D eigenvalue weighted by molar-refractivity contribution is 5.97. The lowest BCUT2D eigenvalue weighted by molar-refractivity contribution is 0.0754. The number of aromatic nitrogens is 2. The predicted octanol–water partition coefficient (Wildman–Crippen LogP) is 4.04. The van der Waals surface area contributed by atoms with Crippen molar-refractivity contribution in [1.82, 2.24) is 14.9 Å². The van der Waals surface area contributed by atoms with E-state index in [4.69, 9.17) is 0 Å². The number of carbonyl (C=O) groups excluding carboxylic acids is 1. The Morgan fingerprint density at radius 2 is 1.76 bits per heavy atom. The molecule has 0 N–H and O–H groups in total. The summed E-state index contributed by atoms with van der Waals surface area (Å²) in [5.41, 5.74) is 3.60. The predicted molar refractivity (Wildman–Crippen MR) is 98.5 cm³/mol. The van der Waals surface area contributed by atoms with Crippen LogP contribution >= 0.6 is 0 Å². The minimum Gasteiger partial charge on any atom is -0.338 e. The molecule has 3 aromatic rings. The Morgan fingerprint density at radius 1 is 0.960 bits per heavy atom. The fraction of sp³-hybridized carbons (Fsp3) is 0.286. The second-order valence-corrected chi connectivity index (χ2v) is 6.61. The van der Waals surface area contributed by atoms with E-state index in [2.05, 4.69) is 34.2 Å². The van der Waals surface area contributed by atoms with Crippen molar-refractivity contribution in [2.45, 2.75) is 25.2 Å². The summed E-state index contributed by atoms with van der Waals surface area (Å²) in [4.78, 5) is 23.6. The van der Waals surface area contributed by atoms with Crippen LogP contribution in [-0.4, -0.2) is 33.9 Å². The molecule has 0 aliphatic carbocycles. The third-order valence-corrected chi connectivity index (χ3v) is 4.95. The number of likely N-dealkylation sites (tertiary alicyclic amines) is 1. The Morgan fingerprint density at radius 3 is 2.60 bits per heavy atom. The van der Waals surface area contributed by atoms with Crippen LogP contribution in [-0.2, 0) is 0 Å². The molecule has 1 aliphatic rings. The zero-order chi connectivity index (χ0) is 17.1. The third-order valence-electron chi connectivity index (χ3n) is 4.95. The SMILES string of the molecule is O=C(c1ccc2nccnc2c1)N1CCCCC(c2ccccc2)C1. The van der Waals surface area contributed by atoms with Gasteiger partial charge < -0.3 is 4.90 Å². The summed E-state index contributed by atoms with van der Waals surface area (Å²) < 4.78 is 0. The first-order valence-electron chi connectivity index (χ1n) is 8.86. The zero-order valence-electron chi connectivity index (χ0n) is 14.1. The zero-order valence-corrected chi connectivity index (χ0v) is 14.1. The van der Waals surface area contributed by atoms with E-state index in [1.165, 1.54) is 5.56 Å². The maximum absolute atomic E-state index is 13.1. The smallest absolute Gasteiger partial charge is 0.253 e. The second-order valence-electron chi connectivity index (χ2n) is 6.61. The Labute approximate surface area is 147 Å². The minimum absolute atomic E-state index is 0.0929. The molecular weight excluding hydrogens is 310 g/mol. The van der Waals surface area contributed by atoms with E-state index in [0.29, 0.717) is 11.5 Å². The standard InChI is InChI=1S/C21H21N3O/c25-21(17-9-10-19-20(14-17)23-12-11-22-19)24-13-5-4-8-18(15-24)16-6-2-1-3-7-16/h1-3,6-7,9-12,14,18H,4-5,8,13,15H2. The molecule has 2 aromatic carbocycles. The van der Waals surface area contributed by atoms with Crippen molar-refractivity contribution >= 4 is 16.9 Å². The number of rotatable bonds is 2. The van der Waals surface area contributed by atoms with E-state index in [1.54, 1.807) is 12.4 Å². The van der Waals surface area contributed by atoms with Crippen molar-refractivity contribution in [1.29, 1.82) is 0 Å². The Kier molecular flexibility index (Phi) is 4.42. The van der Waals surface area contributed by atoms with Gasteiger partial charge in [-0.2, -0.15) is 0 Å². The second kappa shape index (κ2) is 7.01. The lowest BCUT2D eigenvalue weighted by Gasteiger charge is -2.25. The van der Waals surface area contributed by atoms with Gasteiger partial charge in [0, 0.05) is 37.0 Å². The van der Waals surface area contributed by atoms with Crippen LogP contribution in [0.5, 0.6) is 0 Å². The molecule has 4 heteroatoms. The average molecular weight is 331 g/mol. The van der Waals surface area contributed by atoms with Crippen LogP contribution in [0.2, 0.25) is 0 Å². The first-order chi connectivity index (χ1) is 12.3. The van der Waals surface area contributed by atoms with Gasteiger partial charge in [0.1, 0.15) is 0 Å². The molecule has 0 saturated carbocycles. The highest BCUT2D eigenvalue weighted by atomic mass is 16.2. The Bertz CT molecular complexity index is 878. The van der Waals surface area contributed by atoms with E-state index >= 15 is 0 Å². The first kappa shape index (κ1) is 15.8. The summed E-state index contributed by atoms with van der Waals surface area (Å²) in [5, 5.41) is 0. The highest BCUT2D eigenvalue weighted by Gasteiger charge is 2.24. The number of fused-ring (bicyclic) bond motifs is 1. The van der Waals surface area contributed by atoms with Crippen molar-refractivity contribution in [3.05, 3.63) is 72.1 Å². The normalized spacial score (nSPS) is 18.1. The summed E-state index contributed by atoms with van der Waals surface area (Å²) in [5.74, 6) is 0.503. The molecule has 4 nitrogen and oxygen atoms in total. The van der Waals surface area contributed by atoms with E-state index < -0.39 is 0 Å². The molecule has 1 saturated heterocycles. The van der Waals surface area contributed by atoms with Crippen LogP contribution in [0.3, 0.4) is 0 Å². The fourth-order valence-electron chi connectivity index (χ4n) is 3.60. The molecular formula is C21H21N3O. The molecule has 4 rings (SSSR count). The molecule has 1 amide bonds. The molecule has 0 spiro atoms. The molecule has 1 atom stereocenters. The maximum atomic E-state index is 13.1. The number of hydrogen-bond donors (Lipinski definition) is 0. The van der Waals surface area contributed by atoms with Crippen molar-refractivity contribution in [2.24, 2.45) is 0 Å². The van der Waals surface area contributed by atoms with Crippen LogP contribution in [0.15, 0.2) is 60.9 Å². The number of carbonyl (C=O) groups is 1. The van der Waals surface area contributed by atoms with Crippen molar-refractivity contribution in [2.75, 3.05) is 13.1 Å². The highest BCUT2D eigenvalue weighted by Crippen LogP contribution is 2.27. The topological polar surface area (TPSA) is 46.1 Å². The molecule has 0 bridgehead atoms. The number of amides is 1. The Hall–Kier alpha value is -2.75. The molecule has 1 unspecified atom stereocenters. The lowest BCUT2D eigenvalue weighted by atomic mass is 9.94. The molecule has 2 heterocycles. The summed E-state index contributed by atoms with van der Waals surface area (Å²) in [6.07, 6.45) is 6.68. The lowest BCUT2D eigenvalue weighted by Crippen LogP contribution is -2.34. The first-order valence-corrected chi connectivity index (χ1v) is 8.86. The van der Waals surface area contributed by atoms with Crippen LogP contribution in [0.25, 0.3) is 11.0 Å². The molecule has 126 valence electrons. The monoisotopic (exact) mass is 331 g/mol. The van der Waals surface area contributed by atoms with Gasteiger partial charge in [0.15, 0.2) is 0 Å². The molecule has 1 aromatic heterocycles. The van der Waals surface area contributed by atoms with Gasteiger partial charge in [0.25, 0.3) is 5.91 Å². The fourth-order valence-corrected chi connectivity index (χ4v) is 3.60. The van der Waals surface area contributed by atoms with E-state index in [1.807, 2.05) is 29.2 Å². The summed E-state index contributed by atoms with van der Waals surface area (Å²) in [6, 6.07) is 16.1. The minimum atomic E-state index is 0.0929. The number of nitrogens with zero attached hydrogens (tertiary/aromatic N) is 3. The van der Waals surface area contributed by atoms with Gasteiger partial charge in [-0.1, -0.05) is 36.8 Å². The van der Waals surface area contributed by atoms with E-state index in [0.717, 1.165) is 43.4 Å². The van der Waals surface area contributed by atoms with Crippen molar-refractivity contribution < 1.29 is 4.79 Å². The Balaban J connectivity index is 1.59. The molecule has 1 aliphatic heterocycles. The van der Waals surface area contributed by atoms with Gasteiger partial charge in [0.05, 0.1) is 11.0 Å². The summed E-state index contributed by atoms with van der Waals surface area (Å²) in [6.45, 7) is 1.60. The van der Waals surface area contributed by atoms with Crippen LogP contribution in [0.1, 0.15) is 41.1 Å². The van der Waals surface area contributed by atoms with Gasteiger partial charge in [-0.05, 0) is 36.6 Å². The van der Waals surface area contributed by atoms with Crippen LogP contribution < -0.4 is 0 Å². The van der Waals surface area contributed by atoms with Gasteiger partial charge in [0.2, 0.25) is 0 Å². The van der Waals surface area contributed by atoms with E-state index in [9.17, 15) is 4.79 Å². The van der Waals surface area contributed by atoms with Gasteiger partial charge >= 0.3 is 0 Å². The summed E-state index contributed by atoms with van der Waals surface area (Å²) >= 11 is 0. The van der Waals surface area contributed by atoms with Crippen LogP contribution in [0, 0.1) is 0 Å². The number of hydrogen-bond acceptors (Lipinski definition) is 3. The quantitative estimate of drug-likeness (QED) is 0.712. The summed E-state index contributed by atoms with van der Waals surface area (Å²) in [7, 11) is 0. The maximum Gasteiger partial charge on any atom is 0.253 e. The van der Waals surface area contributed by atoms with Gasteiger partial charge in [-0.25, -0.2) is 0 Å². The average Bonchev–Trinajstić information content (AvgIpc) is 2.94. The molecule has 0 radical (unpaired) electrons. The van der Waals surface area contributed by atoms with E-state index in [-0.39, 0.29) is 5.91 Å².